The molecule has 1 aliphatic heterocycles. The molecule has 0 amide bonds. The van der Waals surface area contributed by atoms with Crippen molar-refractivity contribution in [3.8, 4) is 0 Å². The summed E-state index contributed by atoms with van der Waals surface area (Å²) in [4.78, 5) is 9.97. The van der Waals surface area contributed by atoms with Gasteiger partial charge in [-0.15, -0.1) is 23.1 Å². The van der Waals surface area contributed by atoms with Crippen LogP contribution in [0.1, 0.15) is 0 Å². The molecule has 0 spiro atoms. The van der Waals surface area contributed by atoms with Gasteiger partial charge in [0.05, 0.1) is 10.2 Å². The minimum absolute atomic E-state index is 0.975. The highest BCUT2D eigenvalue weighted by atomic mass is 32.2. The topological polar surface area (TPSA) is 25.2 Å². The van der Waals surface area contributed by atoms with E-state index in [1.54, 1.807) is 11.3 Å². The van der Waals surface area contributed by atoms with Crippen LogP contribution in [0.25, 0.3) is 10.2 Å². The Hall–Kier alpha value is -0.870. The van der Waals surface area contributed by atoms with E-state index in [-0.39, 0.29) is 0 Å². The van der Waals surface area contributed by atoms with Crippen molar-refractivity contribution >= 4 is 45.2 Å². The van der Waals surface area contributed by atoms with E-state index >= 15 is 0 Å². The van der Waals surface area contributed by atoms with Crippen molar-refractivity contribution in [3.63, 3.8) is 0 Å². The number of rotatable bonds is 0. The summed E-state index contributed by atoms with van der Waals surface area (Å²) in [5.41, 5.74) is 3.97. The average molecular weight is 206 g/mol. The highest BCUT2D eigenvalue weighted by Gasteiger charge is 2.11. The van der Waals surface area contributed by atoms with Gasteiger partial charge in [-0.1, -0.05) is 0 Å². The van der Waals surface area contributed by atoms with E-state index in [1.165, 1.54) is 9.60 Å². The highest BCUT2D eigenvalue weighted by Crippen LogP contribution is 2.38. The quantitative estimate of drug-likeness (QED) is 0.661. The van der Waals surface area contributed by atoms with Gasteiger partial charge in [-0.25, -0.2) is 4.98 Å². The van der Waals surface area contributed by atoms with Crippen LogP contribution in [-0.2, 0) is 0 Å². The molecule has 0 atom stereocenters. The zero-order valence-corrected chi connectivity index (χ0v) is 8.36. The van der Waals surface area contributed by atoms with Crippen molar-refractivity contribution < 1.29 is 0 Å². The third-order valence-corrected chi connectivity index (χ3v) is 3.72. The molecule has 0 saturated carbocycles. The Bertz CT molecular complexity index is 487. The Morgan fingerprint density at radius 2 is 2.31 bits per heavy atom. The SMILES string of the molecule is C1=Nc2c(ccc3scnc23)SC1. The largest absolute Gasteiger partial charge is 0.257 e. The van der Waals surface area contributed by atoms with Crippen molar-refractivity contribution in [2.24, 2.45) is 4.99 Å². The molecule has 0 saturated heterocycles. The fraction of sp³-hybridized carbons (Fsp3) is 0.111. The average Bonchev–Trinajstić information content (AvgIpc) is 2.65. The number of fused-ring (bicyclic) bond motifs is 3. The molecule has 3 rings (SSSR count). The number of thioether (sulfide) groups is 1. The molecule has 13 heavy (non-hydrogen) atoms. The number of aromatic nitrogens is 1. The van der Waals surface area contributed by atoms with Gasteiger partial charge in [-0.2, -0.15) is 0 Å². The molecular formula is C9H6N2S2. The first-order chi connectivity index (χ1) is 6.45. The molecule has 1 aromatic carbocycles. The van der Waals surface area contributed by atoms with E-state index in [1.807, 2.05) is 23.5 Å². The van der Waals surface area contributed by atoms with Crippen LogP contribution in [0.5, 0.6) is 0 Å². The molecular weight excluding hydrogens is 200 g/mol. The summed E-state index contributed by atoms with van der Waals surface area (Å²) >= 11 is 3.49. The maximum absolute atomic E-state index is 4.39. The van der Waals surface area contributed by atoms with Crippen molar-refractivity contribution in [1.29, 1.82) is 0 Å². The summed E-state index contributed by atoms with van der Waals surface area (Å²) in [7, 11) is 0. The third kappa shape index (κ3) is 1.09. The first-order valence-electron chi connectivity index (χ1n) is 3.97. The summed E-state index contributed by atoms with van der Waals surface area (Å²) in [5, 5.41) is 0. The van der Waals surface area contributed by atoms with Gasteiger partial charge in [0.25, 0.3) is 0 Å². The van der Waals surface area contributed by atoms with Gasteiger partial charge in [0, 0.05) is 16.9 Å². The number of benzene rings is 1. The first kappa shape index (κ1) is 7.53. The monoisotopic (exact) mass is 206 g/mol. The van der Waals surface area contributed by atoms with E-state index in [4.69, 9.17) is 0 Å². The predicted molar refractivity (Wildman–Crippen MR) is 58.5 cm³/mol. The van der Waals surface area contributed by atoms with E-state index in [2.05, 4.69) is 22.1 Å². The Labute approximate surface area is 83.7 Å². The molecule has 0 fully saturated rings. The van der Waals surface area contributed by atoms with Crippen molar-refractivity contribution in [2.45, 2.75) is 4.90 Å². The first-order valence-corrected chi connectivity index (χ1v) is 5.83. The fourth-order valence-corrected chi connectivity index (χ4v) is 2.85. The van der Waals surface area contributed by atoms with Crippen molar-refractivity contribution in [3.05, 3.63) is 17.6 Å². The van der Waals surface area contributed by atoms with Crippen LogP contribution in [0.2, 0.25) is 0 Å². The second-order valence-electron chi connectivity index (χ2n) is 2.73. The molecule has 0 aliphatic carbocycles. The second-order valence-corrected chi connectivity index (χ2v) is 4.68. The lowest BCUT2D eigenvalue weighted by molar-refractivity contribution is 1.36. The molecule has 0 radical (unpaired) electrons. The summed E-state index contributed by atoms with van der Waals surface area (Å²) < 4.78 is 1.22. The van der Waals surface area contributed by atoms with Gasteiger partial charge in [0.1, 0.15) is 11.2 Å². The lowest BCUT2D eigenvalue weighted by Crippen LogP contribution is -1.88. The van der Waals surface area contributed by atoms with Crippen LogP contribution in [0.4, 0.5) is 5.69 Å². The summed E-state index contributed by atoms with van der Waals surface area (Å²) in [6, 6.07) is 4.26. The molecule has 2 nitrogen and oxygen atoms in total. The molecule has 1 aromatic heterocycles. The van der Waals surface area contributed by atoms with Crippen LogP contribution >= 0.6 is 23.1 Å². The molecule has 64 valence electrons. The van der Waals surface area contributed by atoms with Crippen LogP contribution in [-0.4, -0.2) is 17.0 Å². The molecule has 4 heteroatoms. The highest BCUT2D eigenvalue weighted by molar-refractivity contribution is 8.00. The minimum Gasteiger partial charge on any atom is -0.257 e. The number of hydrogen-bond acceptors (Lipinski definition) is 4. The van der Waals surface area contributed by atoms with E-state index < -0.39 is 0 Å². The maximum atomic E-state index is 4.39. The smallest absolute Gasteiger partial charge is 0.108 e. The Kier molecular flexibility index (Phi) is 1.63. The van der Waals surface area contributed by atoms with Gasteiger partial charge in [0.2, 0.25) is 0 Å². The molecule has 0 unspecified atom stereocenters. The van der Waals surface area contributed by atoms with Gasteiger partial charge < -0.3 is 0 Å². The summed E-state index contributed by atoms with van der Waals surface area (Å²) in [6.45, 7) is 0. The lowest BCUT2D eigenvalue weighted by Gasteiger charge is -2.08. The molecule has 2 aromatic rings. The second kappa shape index (κ2) is 2.82. The van der Waals surface area contributed by atoms with Gasteiger partial charge >= 0.3 is 0 Å². The van der Waals surface area contributed by atoms with Crippen LogP contribution in [0.3, 0.4) is 0 Å². The van der Waals surface area contributed by atoms with Crippen LogP contribution in [0.15, 0.2) is 27.5 Å². The number of thiazole rings is 1. The number of hydrogen-bond donors (Lipinski definition) is 0. The molecule has 0 bridgehead atoms. The van der Waals surface area contributed by atoms with Crippen molar-refractivity contribution in [1.82, 2.24) is 4.98 Å². The summed E-state index contributed by atoms with van der Waals surface area (Å²) in [6.07, 6.45) is 1.95. The molecule has 0 N–H and O–H groups in total. The maximum Gasteiger partial charge on any atom is 0.108 e. The van der Waals surface area contributed by atoms with Gasteiger partial charge in [-0.3, -0.25) is 4.99 Å². The summed E-state index contributed by atoms with van der Waals surface area (Å²) in [5.74, 6) is 0.975. The minimum atomic E-state index is 0.975. The van der Waals surface area contributed by atoms with Crippen LogP contribution in [0, 0.1) is 0 Å². The zero-order valence-electron chi connectivity index (χ0n) is 6.73. The Morgan fingerprint density at radius 1 is 1.31 bits per heavy atom. The van der Waals surface area contributed by atoms with E-state index in [0.717, 1.165) is 17.0 Å². The lowest BCUT2D eigenvalue weighted by atomic mass is 10.3. The van der Waals surface area contributed by atoms with Crippen LogP contribution < -0.4 is 0 Å². The normalized spacial score (nSPS) is 14.8. The van der Waals surface area contributed by atoms with E-state index in [0.29, 0.717) is 0 Å². The van der Waals surface area contributed by atoms with E-state index in [9.17, 15) is 0 Å². The number of nitrogens with zero attached hydrogens (tertiary/aromatic N) is 2. The Balaban J connectivity index is 2.43. The molecule has 2 heterocycles. The third-order valence-electron chi connectivity index (χ3n) is 1.97. The predicted octanol–water partition coefficient (Wildman–Crippen LogP) is 3.10. The Morgan fingerprint density at radius 3 is 3.31 bits per heavy atom. The van der Waals surface area contributed by atoms with Gasteiger partial charge in [-0.05, 0) is 12.1 Å². The fourth-order valence-electron chi connectivity index (χ4n) is 1.40. The van der Waals surface area contributed by atoms with Crippen molar-refractivity contribution in [2.75, 3.05) is 5.75 Å². The number of aliphatic imine (C=N–C) groups is 1. The standard InChI is InChI=1S/C9H6N2S2/c1-2-7-9(11-5-13-7)8-6(1)12-4-3-10-8/h1-3,5H,4H2. The van der Waals surface area contributed by atoms with Gasteiger partial charge in [0.15, 0.2) is 0 Å². The molecule has 1 aliphatic rings. The zero-order chi connectivity index (χ0) is 8.67.